The van der Waals surface area contributed by atoms with Gasteiger partial charge in [0.05, 0.1) is 23.1 Å². The molecule has 0 bridgehead atoms. The van der Waals surface area contributed by atoms with Gasteiger partial charge in [0, 0.05) is 13.0 Å². The van der Waals surface area contributed by atoms with E-state index in [-0.39, 0.29) is 78.5 Å². The number of fused-ring (bicyclic) bond motifs is 2. The second-order valence-corrected chi connectivity index (χ2v) is 8.03. The van der Waals surface area contributed by atoms with Crippen LogP contribution in [0.15, 0.2) is 22.6 Å². The molecule has 182 valence electrons. The van der Waals surface area contributed by atoms with Gasteiger partial charge in [-0.15, -0.1) is 0 Å². The summed E-state index contributed by atoms with van der Waals surface area (Å²) < 4.78 is 15.8. The number of anilines is 1. The maximum absolute atomic E-state index is 12.5. The molecule has 0 atom stereocenters. The Kier molecular flexibility index (Phi) is 6.50. The highest BCUT2D eigenvalue weighted by molar-refractivity contribution is 6.21. The molecule has 2 amide bonds. The minimum Gasteiger partial charge on any atom is -0.462 e. The highest BCUT2D eigenvalue weighted by Crippen LogP contribution is 2.29. The van der Waals surface area contributed by atoms with Crippen LogP contribution < -0.4 is 5.73 Å². The first-order valence-electron chi connectivity index (χ1n) is 11.1. The molecular weight excluding hydrogens is 456 g/mol. The summed E-state index contributed by atoms with van der Waals surface area (Å²) in [6, 6.07) is 5.10. The first-order chi connectivity index (χ1) is 16.7. The molecule has 4 rings (SSSR count). The summed E-state index contributed by atoms with van der Waals surface area (Å²) >= 11 is 0. The lowest BCUT2D eigenvalue weighted by Gasteiger charge is -2.13. The highest BCUT2D eigenvalue weighted by atomic mass is 16.5. The van der Waals surface area contributed by atoms with Crippen molar-refractivity contribution in [2.75, 3.05) is 18.9 Å². The second kappa shape index (κ2) is 9.53. The Morgan fingerprint density at radius 3 is 2.57 bits per heavy atom. The highest BCUT2D eigenvalue weighted by Gasteiger charge is 2.35. The Balaban J connectivity index is 1.34. The number of furan rings is 1. The fourth-order valence-electron chi connectivity index (χ4n) is 3.90. The van der Waals surface area contributed by atoms with Gasteiger partial charge in [0.1, 0.15) is 17.1 Å². The molecule has 11 nitrogen and oxygen atoms in total. The number of esters is 2. The molecule has 1 aliphatic rings. The van der Waals surface area contributed by atoms with E-state index in [0.29, 0.717) is 11.1 Å². The fraction of sp³-hybridized carbons (Fsp3) is 0.333. The number of nitrogen functional groups attached to an aromatic ring is 1. The molecule has 2 aromatic heterocycles. The van der Waals surface area contributed by atoms with Crippen molar-refractivity contribution in [1.82, 2.24) is 14.9 Å². The lowest BCUT2D eigenvalue weighted by molar-refractivity contribution is -0.145. The number of aromatic nitrogens is 2. The number of aryl methyl sites for hydroxylation is 2. The van der Waals surface area contributed by atoms with Crippen LogP contribution in [-0.2, 0) is 20.9 Å². The van der Waals surface area contributed by atoms with Gasteiger partial charge in [-0.2, -0.15) is 4.98 Å². The topological polar surface area (TPSA) is 155 Å². The Labute approximate surface area is 200 Å². The quantitative estimate of drug-likeness (QED) is 0.376. The van der Waals surface area contributed by atoms with Gasteiger partial charge in [-0.05, 0) is 39.3 Å². The number of nitrogens with zero attached hydrogens (tertiary/aromatic N) is 3. The summed E-state index contributed by atoms with van der Waals surface area (Å²) in [7, 11) is 0. The molecule has 0 radical (unpaired) electrons. The number of hydrogen-bond acceptors (Lipinski definition) is 10. The lowest BCUT2D eigenvalue weighted by atomic mass is 10.1. The molecule has 2 N–H and O–H groups in total. The number of carbonyl (C=O) groups excluding carboxylic acids is 4. The molecule has 0 spiro atoms. The number of imide groups is 1. The minimum absolute atomic E-state index is 0.00168. The normalized spacial score (nSPS) is 12.8. The predicted octanol–water partition coefficient (Wildman–Crippen LogP) is 2.72. The average Bonchev–Trinajstić information content (AvgIpc) is 3.26. The molecule has 0 aliphatic carbocycles. The molecule has 3 aromatic rings. The summed E-state index contributed by atoms with van der Waals surface area (Å²) in [6.07, 6.45) is 0.225. The third-order valence-corrected chi connectivity index (χ3v) is 5.53. The van der Waals surface area contributed by atoms with Crippen LogP contribution in [0.25, 0.3) is 11.1 Å². The van der Waals surface area contributed by atoms with Crippen LogP contribution >= 0.6 is 0 Å². The molecule has 1 aromatic carbocycles. The van der Waals surface area contributed by atoms with E-state index in [9.17, 15) is 19.2 Å². The third-order valence-electron chi connectivity index (χ3n) is 5.53. The smallest absolute Gasteiger partial charge is 0.342 e. The van der Waals surface area contributed by atoms with E-state index in [4.69, 9.17) is 19.6 Å². The number of nitrogens with two attached hydrogens (primary N) is 1. The average molecular weight is 480 g/mol. The second-order valence-electron chi connectivity index (χ2n) is 8.03. The van der Waals surface area contributed by atoms with Gasteiger partial charge in [-0.1, -0.05) is 11.6 Å². The molecule has 0 fully saturated rings. The number of rotatable bonds is 8. The van der Waals surface area contributed by atoms with E-state index in [1.165, 1.54) is 0 Å². The van der Waals surface area contributed by atoms with Crippen molar-refractivity contribution < 1.29 is 33.1 Å². The Morgan fingerprint density at radius 1 is 1.09 bits per heavy atom. The fourth-order valence-corrected chi connectivity index (χ4v) is 3.90. The van der Waals surface area contributed by atoms with Crippen LogP contribution in [-0.4, -0.2) is 51.8 Å². The van der Waals surface area contributed by atoms with E-state index in [1.54, 1.807) is 32.0 Å². The lowest BCUT2D eigenvalue weighted by Crippen LogP contribution is -2.31. The SMILES string of the molecule is CCOC(=O)c1c(C)oc2nc(COC(=O)CCCN3C(=O)c4ccc(C)cc4C3=O)nc(N)c12. The van der Waals surface area contributed by atoms with Crippen LogP contribution in [0.1, 0.15) is 68.0 Å². The van der Waals surface area contributed by atoms with E-state index in [0.717, 1.165) is 10.5 Å². The van der Waals surface area contributed by atoms with Crippen LogP contribution in [0.5, 0.6) is 0 Å². The predicted molar refractivity (Wildman–Crippen MR) is 122 cm³/mol. The summed E-state index contributed by atoms with van der Waals surface area (Å²) in [4.78, 5) is 58.8. The van der Waals surface area contributed by atoms with Gasteiger partial charge in [0.15, 0.2) is 12.4 Å². The standard InChI is InChI=1S/C24H24N4O7/c1-4-33-24(32)18-13(3)35-21-19(18)20(25)26-16(27-21)11-34-17(29)6-5-9-28-22(30)14-8-7-12(2)10-15(14)23(28)31/h7-8,10H,4-6,9,11H2,1-3H3,(H2,25,26,27). The number of carbonyl (C=O) groups is 4. The zero-order chi connectivity index (χ0) is 25.3. The maximum atomic E-state index is 12.5. The minimum atomic E-state index is -0.591. The van der Waals surface area contributed by atoms with Crippen molar-refractivity contribution in [1.29, 1.82) is 0 Å². The van der Waals surface area contributed by atoms with E-state index in [1.807, 2.05) is 6.92 Å². The van der Waals surface area contributed by atoms with Crippen molar-refractivity contribution in [2.45, 2.75) is 40.2 Å². The van der Waals surface area contributed by atoms with Crippen molar-refractivity contribution >= 4 is 40.7 Å². The molecule has 3 heterocycles. The zero-order valence-electron chi connectivity index (χ0n) is 19.5. The Bertz CT molecular complexity index is 1360. The molecule has 0 unspecified atom stereocenters. The van der Waals surface area contributed by atoms with Crippen molar-refractivity contribution in [3.8, 4) is 0 Å². The summed E-state index contributed by atoms with van der Waals surface area (Å²) in [5.74, 6) is -1.49. The maximum Gasteiger partial charge on any atom is 0.342 e. The molecule has 11 heteroatoms. The van der Waals surface area contributed by atoms with Crippen LogP contribution in [0.4, 0.5) is 5.82 Å². The molecular formula is C24H24N4O7. The summed E-state index contributed by atoms with van der Waals surface area (Å²) in [5.41, 5.74) is 7.88. The van der Waals surface area contributed by atoms with Crippen LogP contribution in [0.3, 0.4) is 0 Å². The van der Waals surface area contributed by atoms with Crippen LogP contribution in [0, 0.1) is 13.8 Å². The van der Waals surface area contributed by atoms with Gasteiger partial charge < -0.3 is 19.6 Å². The summed E-state index contributed by atoms with van der Waals surface area (Å²) in [6.45, 7) is 5.13. The molecule has 1 aliphatic heterocycles. The van der Waals surface area contributed by atoms with Crippen molar-refractivity contribution in [2.24, 2.45) is 0 Å². The number of amides is 2. The molecule has 0 saturated heterocycles. The van der Waals surface area contributed by atoms with Gasteiger partial charge in [-0.3, -0.25) is 19.3 Å². The third kappa shape index (κ3) is 4.57. The number of ether oxygens (including phenoxy) is 2. The van der Waals surface area contributed by atoms with Gasteiger partial charge in [-0.25, -0.2) is 9.78 Å². The largest absolute Gasteiger partial charge is 0.462 e. The van der Waals surface area contributed by atoms with Crippen LogP contribution in [0.2, 0.25) is 0 Å². The van der Waals surface area contributed by atoms with Gasteiger partial charge in [0.2, 0.25) is 5.71 Å². The number of hydrogen-bond donors (Lipinski definition) is 1. The first-order valence-corrected chi connectivity index (χ1v) is 11.1. The van der Waals surface area contributed by atoms with E-state index >= 15 is 0 Å². The first kappa shape index (κ1) is 23.9. The Hall–Kier alpha value is -4.28. The van der Waals surface area contributed by atoms with Gasteiger partial charge in [0.25, 0.3) is 11.8 Å². The van der Waals surface area contributed by atoms with E-state index in [2.05, 4.69) is 9.97 Å². The monoisotopic (exact) mass is 480 g/mol. The van der Waals surface area contributed by atoms with Crippen molar-refractivity contribution in [3.63, 3.8) is 0 Å². The number of benzene rings is 1. The summed E-state index contributed by atoms with van der Waals surface area (Å²) in [5, 5.41) is 0.243. The van der Waals surface area contributed by atoms with E-state index < -0.39 is 11.9 Å². The van der Waals surface area contributed by atoms with Crippen molar-refractivity contribution in [3.05, 3.63) is 52.0 Å². The molecule has 35 heavy (non-hydrogen) atoms. The Morgan fingerprint density at radius 2 is 1.83 bits per heavy atom. The molecule has 0 saturated carbocycles. The van der Waals surface area contributed by atoms with Gasteiger partial charge >= 0.3 is 11.9 Å². The zero-order valence-corrected chi connectivity index (χ0v) is 19.5.